The van der Waals surface area contributed by atoms with Crippen molar-refractivity contribution in [2.75, 3.05) is 11.9 Å². The molecule has 0 radical (unpaired) electrons. The van der Waals surface area contributed by atoms with Gasteiger partial charge in [-0.2, -0.15) is 0 Å². The summed E-state index contributed by atoms with van der Waals surface area (Å²) in [5.74, 6) is -0.415. The number of aromatic nitrogens is 1. The molecule has 5 nitrogen and oxygen atoms in total. The number of carbonyl (C=O) groups excluding carboxylic acids is 1. The number of benzene rings is 1. The number of aromatic amines is 1. The molecule has 1 amide bonds. The minimum Gasteiger partial charge on any atom is -0.683 e. The molecule has 7 heteroatoms. The number of carbonyl (C=O) groups is 1. The molecule has 1 aliphatic heterocycles. The molecule has 0 saturated heterocycles. The first-order valence-corrected chi connectivity index (χ1v) is 8.56. The number of amides is 1. The van der Waals surface area contributed by atoms with E-state index in [1.54, 1.807) is 6.07 Å². The van der Waals surface area contributed by atoms with Gasteiger partial charge in [0.15, 0.2) is 0 Å². The second-order valence-corrected chi connectivity index (χ2v) is 7.50. The summed E-state index contributed by atoms with van der Waals surface area (Å²) < 4.78 is 0. The molecule has 0 atom stereocenters. The van der Waals surface area contributed by atoms with Crippen molar-refractivity contribution < 1.29 is 25.9 Å². The van der Waals surface area contributed by atoms with Crippen LogP contribution in [0.4, 0.5) is 11.4 Å². The van der Waals surface area contributed by atoms with Gasteiger partial charge in [-0.3, -0.25) is 9.59 Å². The van der Waals surface area contributed by atoms with Crippen LogP contribution in [0.5, 0.6) is 0 Å². The maximum Gasteiger partial charge on any atom is 2.00 e. The predicted octanol–water partition coefficient (Wildman–Crippen LogP) is 4.59. The zero-order valence-electron chi connectivity index (χ0n) is 14.8. The number of nitrogens with zero attached hydrogens (tertiary/aromatic N) is 1. The van der Waals surface area contributed by atoms with Crippen molar-refractivity contribution in [1.29, 1.82) is 0 Å². The second kappa shape index (κ2) is 7.37. The Kier molecular flexibility index (Phi) is 5.78. The minimum atomic E-state index is -0.415. The van der Waals surface area contributed by atoms with Gasteiger partial charge in [0.25, 0.3) is 5.91 Å². The molecule has 0 spiro atoms. The number of anilines is 1. The molecule has 1 aromatic carbocycles. The number of hydrogen-bond donors (Lipinski definition) is 2. The van der Waals surface area contributed by atoms with E-state index in [0.717, 1.165) is 17.1 Å². The molecule has 3 aromatic rings. The molecule has 0 fully saturated rings. The first-order valence-electron chi connectivity index (χ1n) is 7.68. The van der Waals surface area contributed by atoms with E-state index in [-0.39, 0.29) is 44.9 Å². The van der Waals surface area contributed by atoms with Crippen LogP contribution in [0, 0.1) is 7.43 Å². The van der Waals surface area contributed by atoms with Gasteiger partial charge >= 0.3 is 21.1 Å². The quantitative estimate of drug-likeness (QED) is 0.470. The van der Waals surface area contributed by atoms with Gasteiger partial charge in [-0.1, -0.05) is 31.5 Å². The summed E-state index contributed by atoms with van der Waals surface area (Å²) in [6.45, 7) is 5.04. The summed E-state index contributed by atoms with van der Waals surface area (Å²) >= 11 is 1.44. The number of fused-ring (bicyclic) bond motifs is 2. The number of hydrogen-bond acceptors (Lipinski definition) is 3. The van der Waals surface area contributed by atoms with E-state index in [2.05, 4.69) is 29.5 Å². The van der Waals surface area contributed by atoms with Crippen molar-refractivity contribution in [3.8, 4) is 0 Å². The molecule has 3 heterocycles. The molecule has 1 aliphatic rings. The number of nitrogens with one attached hydrogen (secondary N) is 2. The van der Waals surface area contributed by atoms with E-state index in [4.69, 9.17) is 0 Å². The van der Waals surface area contributed by atoms with E-state index in [9.17, 15) is 9.59 Å². The summed E-state index contributed by atoms with van der Waals surface area (Å²) in [7, 11) is 0. The molecule has 2 aromatic heterocycles. The summed E-state index contributed by atoms with van der Waals surface area (Å²) in [5.41, 5.74) is 2.61. The Bertz CT molecular complexity index is 1020. The van der Waals surface area contributed by atoms with Gasteiger partial charge < -0.3 is 23.0 Å². The summed E-state index contributed by atoms with van der Waals surface area (Å²) in [6, 6.07) is 7.44. The maximum absolute atomic E-state index is 12.5. The first-order chi connectivity index (χ1) is 11.5. The van der Waals surface area contributed by atoms with Crippen molar-refractivity contribution in [3.05, 3.63) is 69.9 Å². The fourth-order valence-electron chi connectivity index (χ4n) is 3.00. The van der Waals surface area contributed by atoms with Crippen LogP contribution < -0.4 is 10.7 Å². The van der Waals surface area contributed by atoms with Crippen molar-refractivity contribution in [2.24, 2.45) is 0 Å². The topological polar surface area (TPSA) is 76.1 Å². The van der Waals surface area contributed by atoms with Gasteiger partial charge in [0.1, 0.15) is 10.4 Å². The van der Waals surface area contributed by atoms with Crippen LogP contribution >= 0.6 is 11.3 Å². The molecule has 2 N–H and O–H groups in total. The number of H-pyrrole nitrogens is 1. The minimum absolute atomic E-state index is 0. The van der Waals surface area contributed by atoms with Crippen LogP contribution in [0.25, 0.3) is 15.5 Å². The average Bonchev–Trinajstić information content (AvgIpc) is 3.13. The number of thiophene rings is 1. The third-order valence-corrected chi connectivity index (χ3v) is 5.22. The third-order valence-electron chi connectivity index (χ3n) is 4.38. The number of pyridine rings is 1. The van der Waals surface area contributed by atoms with Crippen molar-refractivity contribution >= 4 is 38.8 Å². The molecular weight excluding hydrogens is 518 g/mol. The normalized spacial score (nSPS) is 13.9. The maximum atomic E-state index is 12.5. The Balaban J connectivity index is 0.00000121. The van der Waals surface area contributed by atoms with Crippen molar-refractivity contribution in [2.45, 2.75) is 19.3 Å². The Morgan fingerprint density at radius 1 is 1.31 bits per heavy atom. The van der Waals surface area contributed by atoms with Crippen molar-refractivity contribution in [3.63, 3.8) is 0 Å². The Hall–Kier alpha value is -1.91. The van der Waals surface area contributed by atoms with Gasteiger partial charge in [0.05, 0.1) is 5.39 Å². The zero-order valence-corrected chi connectivity index (χ0v) is 18.5. The van der Waals surface area contributed by atoms with Crippen LogP contribution in [0.15, 0.2) is 40.6 Å². The number of rotatable bonds is 2. The largest absolute Gasteiger partial charge is 2.00 e. The molecule has 0 aliphatic carbocycles. The summed E-state index contributed by atoms with van der Waals surface area (Å²) in [5, 5.41) is 9.69. The van der Waals surface area contributed by atoms with Crippen LogP contribution in [-0.4, -0.2) is 17.4 Å². The van der Waals surface area contributed by atoms with Gasteiger partial charge in [-0.25, -0.2) is 0 Å². The molecule has 0 saturated carbocycles. The van der Waals surface area contributed by atoms with Crippen LogP contribution in [0.1, 0.15) is 29.8 Å². The van der Waals surface area contributed by atoms with E-state index < -0.39 is 5.91 Å². The Morgan fingerprint density at radius 3 is 2.85 bits per heavy atom. The molecule has 4 rings (SSSR count). The van der Waals surface area contributed by atoms with Crippen LogP contribution in [-0.2, 0) is 26.5 Å². The molecule has 26 heavy (non-hydrogen) atoms. The van der Waals surface area contributed by atoms with Crippen LogP contribution in [0.3, 0.4) is 0 Å². The monoisotopic (exact) mass is 537 g/mol. The second-order valence-electron chi connectivity index (χ2n) is 6.58. The van der Waals surface area contributed by atoms with E-state index in [0.29, 0.717) is 11.1 Å². The van der Waals surface area contributed by atoms with Gasteiger partial charge in [-0.15, -0.1) is 23.6 Å². The Morgan fingerprint density at radius 2 is 2.08 bits per heavy atom. The predicted molar refractivity (Wildman–Crippen MR) is 104 cm³/mol. The van der Waals surface area contributed by atoms with Crippen LogP contribution in [0.2, 0.25) is 0 Å². The average molecular weight is 537 g/mol. The molecule has 0 bridgehead atoms. The van der Waals surface area contributed by atoms with E-state index in [1.165, 1.54) is 23.1 Å². The summed E-state index contributed by atoms with van der Waals surface area (Å²) in [4.78, 5) is 28.6. The van der Waals surface area contributed by atoms with Gasteiger partial charge in [-0.05, 0) is 22.9 Å². The SMILES string of the molecule is CC1(C)C[N-]c2cc(NC(=O)c3c[nH]c4sccc4c3=O)ccc21.[CH3-].[W+2]. The van der Waals surface area contributed by atoms with E-state index in [1.807, 2.05) is 23.6 Å². The fourth-order valence-corrected chi connectivity index (χ4v) is 3.75. The van der Waals surface area contributed by atoms with Gasteiger partial charge in [0, 0.05) is 11.9 Å². The van der Waals surface area contributed by atoms with Gasteiger partial charge in [0.2, 0.25) is 5.43 Å². The van der Waals surface area contributed by atoms with E-state index >= 15 is 0 Å². The fraction of sp³-hybridized carbons (Fsp3) is 0.211. The smallest absolute Gasteiger partial charge is 0.683 e. The zero-order chi connectivity index (χ0) is 16.9. The van der Waals surface area contributed by atoms with Crippen molar-refractivity contribution in [1.82, 2.24) is 4.98 Å². The third kappa shape index (κ3) is 3.36. The summed E-state index contributed by atoms with van der Waals surface area (Å²) in [6.07, 6.45) is 1.47. The molecular formula is C19H19N3O2SW. The molecule has 0 unspecified atom stereocenters. The molecule has 134 valence electrons. The first kappa shape index (κ1) is 20.4. The Labute approximate surface area is 170 Å². The standard InChI is InChI=1S/C18H16N3O2S.CH3.W/c1-18(2)9-20-14-7-10(3-4-13(14)18)21-16(23)12-8-19-17-11(15(12)22)5-6-24-17;;/h3-8H,9H2,1-2H3,(H2,19,21,22,23);1H3;/q2*-1;+2.